The maximum absolute atomic E-state index is 11.3. The molecule has 2 rings (SSSR count). The average molecular weight is 260 g/mol. The molecule has 6 heteroatoms. The quantitative estimate of drug-likeness (QED) is 0.823. The van der Waals surface area contributed by atoms with E-state index in [9.17, 15) is 4.79 Å². The van der Waals surface area contributed by atoms with Crippen LogP contribution in [0.3, 0.4) is 0 Å². The molecule has 0 saturated carbocycles. The normalized spacial score (nSPS) is 10.4. The van der Waals surface area contributed by atoms with Crippen molar-refractivity contribution in [3.8, 4) is 11.3 Å². The van der Waals surface area contributed by atoms with Gasteiger partial charge in [-0.05, 0) is 19.1 Å². The summed E-state index contributed by atoms with van der Waals surface area (Å²) in [5.41, 5.74) is 7.37. The molecule has 0 fully saturated rings. The number of nitrogens with two attached hydrogens (primary N) is 1. The number of rotatable bonds is 5. The maximum Gasteiger partial charge on any atom is 0.307 e. The number of aromatic nitrogens is 3. The average Bonchev–Trinajstić information content (AvgIpc) is 2.86. The lowest BCUT2D eigenvalue weighted by Crippen LogP contribution is -2.09. The molecule has 0 bridgehead atoms. The fraction of sp³-hybridized carbons (Fsp3) is 0.308. The first kappa shape index (κ1) is 13.1. The molecule has 0 aliphatic carbocycles. The maximum atomic E-state index is 11.3. The lowest BCUT2D eigenvalue weighted by molar-refractivity contribution is -0.143. The van der Waals surface area contributed by atoms with Crippen LogP contribution in [0.4, 0.5) is 5.82 Å². The zero-order valence-corrected chi connectivity index (χ0v) is 10.7. The second-order valence-electron chi connectivity index (χ2n) is 4.00. The van der Waals surface area contributed by atoms with Gasteiger partial charge >= 0.3 is 5.97 Å². The molecule has 0 aromatic carbocycles. The van der Waals surface area contributed by atoms with Gasteiger partial charge in [-0.15, -0.1) is 0 Å². The molecule has 0 unspecified atom stereocenters. The SMILES string of the molecule is CCOC(=O)CCn1cncc1-c1ccc(N)nc1. The number of aryl methyl sites for hydroxylation is 1. The Morgan fingerprint density at radius 2 is 2.26 bits per heavy atom. The summed E-state index contributed by atoms with van der Waals surface area (Å²) >= 11 is 0. The first-order valence-electron chi connectivity index (χ1n) is 6.08. The van der Waals surface area contributed by atoms with Crippen molar-refractivity contribution in [1.29, 1.82) is 0 Å². The van der Waals surface area contributed by atoms with Gasteiger partial charge in [0.1, 0.15) is 5.82 Å². The summed E-state index contributed by atoms with van der Waals surface area (Å²) in [5.74, 6) is 0.263. The molecule has 100 valence electrons. The minimum Gasteiger partial charge on any atom is -0.466 e. The van der Waals surface area contributed by atoms with Crippen LogP contribution < -0.4 is 5.73 Å². The van der Waals surface area contributed by atoms with Crippen LogP contribution in [0.15, 0.2) is 30.9 Å². The number of imidazole rings is 1. The largest absolute Gasteiger partial charge is 0.466 e. The van der Waals surface area contributed by atoms with E-state index >= 15 is 0 Å². The molecule has 0 atom stereocenters. The van der Waals surface area contributed by atoms with Crippen molar-refractivity contribution in [2.45, 2.75) is 19.9 Å². The van der Waals surface area contributed by atoms with E-state index in [1.165, 1.54) is 0 Å². The first-order valence-corrected chi connectivity index (χ1v) is 6.08. The highest BCUT2D eigenvalue weighted by Gasteiger charge is 2.08. The van der Waals surface area contributed by atoms with Crippen molar-refractivity contribution in [3.63, 3.8) is 0 Å². The Morgan fingerprint density at radius 3 is 2.95 bits per heavy atom. The van der Waals surface area contributed by atoms with E-state index in [0.29, 0.717) is 25.4 Å². The molecule has 6 nitrogen and oxygen atoms in total. The van der Waals surface area contributed by atoms with Crippen LogP contribution in [0.5, 0.6) is 0 Å². The van der Waals surface area contributed by atoms with Crippen LogP contribution in [-0.4, -0.2) is 27.1 Å². The third-order valence-corrected chi connectivity index (χ3v) is 2.66. The van der Waals surface area contributed by atoms with Crippen LogP contribution in [0, 0.1) is 0 Å². The van der Waals surface area contributed by atoms with Crippen molar-refractivity contribution in [2.75, 3.05) is 12.3 Å². The minimum absolute atomic E-state index is 0.211. The minimum atomic E-state index is -0.211. The van der Waals surface area contributed by atoms with Gasteiger partial charge in [-0.3, -0.25) is 4.79 Å². The summed E-state index contributed by atoms with van der Waals surface area (Å²) in [7, 11) is 0. The molecule has 2 heterocycles. The predicted molar refractivity (Wildman–Crippen MR) is 71.1 cm³/mol. The van der Waals surface area contributed by atoms with E-state index in [1.807, 2.05) is 10.6 Å². The van der Waals surface area contributed by atoms with Crippen LogP contribution in [0.1, 0.15) is 13.3 Å². The van der Waals surface area contributed by atoms with Crippen molar-refractivity contribution in [1.82, 2.24) is 14.5 Å². The summed E-state index contributed by atoms with van der Waals surface area (Å²) in [6, 6.07) is 3.61. The van der Waals surface area contributed by atoms with E-state index in [4.69, 9.17) is 10.5 Å². The van der Waals surface area contributed by atoms with Crippen LogP contribution in [-0.2, 0) is 16.1 Å². The fourth-order valence-electron chi connectivity index (χ4n) is 1.74. The topological polar surface area (TPSA) is 83.0 Å². The van der Waals surface area contributed by atoms with Gasteiger partial charge in [0.25, 0.3) is 0 Å². The Hall–Kier alpha value is -2.37. The van der Waals surface area contributed by atoms with E-state index in [1.54, 1.807) is 31.7 Å². The summed E-state index contributed by atoms with van der Waals surface area (Å²) in [5, 5.41) is 0. The number of hydrogen-bond donors (Lipinski definition) is 1. The number of anilines is 1. The Balaban J connectivity index is 2.09. The second-order valence-corrected chi connectivity index (χ2v) is 4.00. The smallest absolute Gasteiger partial charge is 0.307 e. The monoisotopic (exact) mass is 260 g/mol. The standard InChI is InChI=1S/C13H16N4O2/c1-2-19-13(18)5-6-17-9-15-8-11(17)10-3-4-12(14)16-7-10/h3-4,7-9H,2,5-6H2,1H3,(H2,14,16). The zero-order chi connectivity index (χ0) is 13.7. The number of hydrogen-bond acceptors (Lipinski definition) is 5. The molecule has 2 aromatic rings. The number of nitrogens with zero attached hydrogens (tertiary/aromatic N) is 3. The van der Waals surface area contributed by atoms with Gasteiger partial charge in [-0.1, -0.05) is 0 Å². The number of pyridine rings is 1. The van der Waals surface area contributed by atoms with Gasteiger partial charge in [0, 0.05) is 18.3 Å². The van der Waals surface area contributed by atoms with Gasteiger partial charge < -0.3 is 15.0 Å². The number of esters is 1. The first-order chi connectivity index (χ1) is 9.20. The van der Waals surface area contributed by atoms with Crippen molar-refractivity contribution >= 4 is 11.8 Å². The Kier molecular flexibility index (Phi) is 4.12. The summed E-state index contributed by atoms with van der Waals surface area (Å²) in [6.45, 7) is 2.72. The second kappa shape index (κ2) is 5.99. The molecule has 2 N–H and O–H groups in total. The van der Waals surface area contributed by atoms with Crippen molar-refractivity contribution < 1.29 is 9.53 Å². The molecular weight excluding hydrogens is 244 g/mol. The molecule has 0 aliphatic heterocycles. The number of carbonyl (C=O) groups excluding carboxylic acids is 1. The van der Waals surface area contributed by atoms with Gasteiger partial charge in [0.15, 0.2) is 0 Å². The summed E-state index contributed by atoms with van der Waals surface area (Å²) < 4.78 is 6.79. The lowest BCUT2D eigenvalue weighted by Gasteiger charge is -2.07. The third-order valence-electron chi connectivity index (χ3n) is 2.66. The van der Waals surface area contributed by atoms with E-state index in [0.717, 1.165) is 11.3 Å². The molecule has 0 spiro atoms. The van der Waals surface area contributed by atoms with Crippen molar-refractivity contribution in [3.05, 3.63) is 30.9 Å². The number of nitrogen functional groups attached to an aromatic ring is 1. The highest BCUT2D eigenvalue weighted by Crippen LogP contribution is 2.18. The highest BCUT2D eigenvalue weighted by molar-refractivity contribution is 5.69. The zero-order valence-electron chi connectivity index (χ0n) is 10.7. The molecule has 0 radical (unpaired) electrons. The van der Waals surface area contributed by atoms with Gasteiger partial charge in [0.05, 0.1) is 31.2 Å². The molecule has 0 amide bonds. The van der Waals surface area contributed by atoms with E-state index in [2.05, 4.69) is 9.97 Å². The Morgan fingerprint density at radius 1 is 1.42 bits per heavy atom. The fourth-order valence-corrected chi connectivity index (χ4v) is 1.74. The van der Waals surface area contributed by atoms with Gasteiger partial charge in [0.2, 0.25) is 0 Å². The molecule has 19 heavy (non-hydrogen) atoms. The highest BCUT2D eigenvalue weighted by atomic mass is 16.5. The van der Waals surface area contributed by atoms with E-state index < -0.39 is 0 Å². The molecule has 0 aliphatic rings. The third kappa shape index (κ3) is 3.31. The van der Waals surface area contributed by atoms with Crippen LogP contribution in [0.25, 0.3) is 11.3 Å². The lowest BCUT2D eigenvalue weighted by atomic mass is 10.2. The van der Waals surface area contributed by atoms with Crippen molar-refractivity contribution in [2.24, 2.45) is 0 Å². The Bertz CT molecular complexity index is 548. The van der Waals surface area contributed by atoms with Gasteiger partial charge in [-0.2, -0.15) is 0 Å². The summed E-state index contributed by atoms with van der Waals surface area (Å²) in [4.78, 5) is 19.5. The van der Waals surface area contributed by atoms with E-state index in [-0.39, 0.29) is 5.97 Å². The number of ether oxygens (including phenoxy) is 1. The molecular formula is C13H16N4O2. The predicted octanol–water partition coefficient (Wildman–Crippen LogP) is 1.48. The Labute approximate surface area is 111 Å². The molecule has 0 saturated heterocycles. The summed E-state index contributed by atoms with van der Waals surface area (Å²) in [6.07, 6.45) is 5.43. The molecule has 2 aromatic heterocycles. The van der Waals surface area contributed by atoms with Crippen LogP contribution in [0.2, 0.25) is 0 Å². The number of carbonyl (C=O) groups is 1. The van der Waals surface area contributed by atoms with Gasteiger partial charge in [-0.25, -0.2) is 9.97 Å². The van der Waals surface area contributed by atoms with Crippen LogP contribution >= 0.6 is 0 Å².